The van der Waals surface area contributed by atoms with Gasteiger partial charge in [-0.25, -0.2) is 4.79 Å². The molecule has 0 saturated carbocycles. The number of carbonyl (C=O) groups excluding carboxylic acids is 1. The topological polar surface area (TPSA) is 95.0 Å². The second kappa shape index (κ2) is 7.48. The maximum absolute atomic E-state index is 11.4. The zero-order valence-electron chi connectivity index (χ0n) is 12.7. The number of nitrogens with two attached hydrogens (primary N) is 1. The number of primary amides is 1. The Balaban J connectivity index is 0.00000192. The van der Waals surface area contributed by atoms with Gasteiger partial charge in [0.15, 0.2) is 0 Å². The Morgan fingerprint density at radius 3 is 2.43 bits per heavy atom. The normalized spacial score (nSPS) is 16.0. The van der Waals surface area contributed by atoms with Gasteiger partial charge in [0.25, 0.3) is 5.91 Å². The summed E-state index contributed by atoms with van der Waals surface area (Å²) in [6, 6.07) is 10.5. The molecule has 0 unspecified atom stereocenters. The summed E-state index contributed by atoms with van der Waals surface area (Å²) in [6.07, 6.45) is 2.15. The lowest BCUT2D eigenvalue weighted by Gasteiger charge is -2.31. The third kappa shape index (κ3) is 4.03. The molecular weight excluding hydrogens is 316 g/mol. The van der Waals surface area contributed by atoms with Crippen LogP contribution < -0.4 is 11.4 Å². The SMILES string of the molecule is Cl.NC(=O)c1[nH]c(=O)[nH]c1CN1CCC(c2ccccc2)CC1. The lowest BCUT2D eigenvalue weighted by atomic mass is 9.89. The largest absolute Gasteiger partial charge is 0.364 e. The number of benzene rings is 1. The number of piperidine rings is 1. The van der Waals surface area contributed by atoms with Crippen LogP contribution in [0.15, 0.2) is 35.1 Å². The average molecular weight is 337 g/mol. The molecule has 1 aromatic heterocycles. The number of halogens is 1. The molecule has 1 aromatic carbocycles. The molecule has 1 fully saturated rings. The summed E-state index contributed by atoms with van der Waals surface area (Å²) in [6.45, 7) is 2.41. The molecular formula is C16H21ClN4O2. The van der Waals surface area contributed by atoms with Crippen molar-refractivity contribution in [1.82, 2.24) is 14.9 Å². The minimum absolute atomic E-state index is 0. The first-order valence-corrected chi connectivity index (χ1v) is 7.52. The van der Waals surface area contributed by atoms with Gasteiger partial charge in [0.05, 0.1) is 5.69 Å². The molecule has 1 saturated heterocycles. The van der Waals surface area contributed by atoms with E-state index in [0.29, 0.717) is 18.2 Å². The number of hydrogen-bond donors (Lipinski definition) is 3. The summed E-state index contributed by atoms with van der Waals surface area (Å²) in [5.41, 5.74) is 7.05. The number of amides is 1. The van der Waals surface area contributed by atoms with Gasteiger partial charge in [-0.2, -0.15) is 0 Å². The van der Waals surface area contributed by atoms with Crippen LogP contribution in [0.2, 0.25) is 0 Å². The lowest BCUT2D eigenvalue weighted by Crippen LogP contribution is -2.33. The van der Waals surface area contributed by atoms with E-state index in [-0.39, 0.29) is 23.8 Å². The molecule has 0 atom stereocenters. The summed E-state index contributed by atoms with van der Waals surface area (Å²) in [7, 11) is 0. The van der Waals surface area contributed by atoms with Crippen LogP contribution in [0, 0.1) is 0 Å². The van der Waals surface area contributed by atoms with Crippen molar-refractivity contribution in [3.8, 4) is 0 Å². The van der Waals surface area contributed by atoms with E-state index < -0.39 is 5.91 Å². The second-order valence-corrected chi connectivity index (χ2v) is 5.76. The van der Waals surface area contributed by atoms with E-state index >= 15 is 0 Å². The molecule has 0 radical (unpaired) electrons. The smallest absolute Gasteiger partial charge is 0.323 e. The summed E-state index contributed by atoms with van der Waals surface area (Å²) in [5.74, 6) is -0.0224. The zero-order valence-corrected chi connectivity index (χ0v) is 13.6. The van der Waals surface area contributed by atoms with Gasteiger partial charge in [-0.05, 0) is 37.4 Å². The Bertz CT molecular complexity index is 702. The second-order valence-electron chi connectivity index (χ2n) is 5.76. The zero-order chi connectivity index (χ0) is 15.5. The highest BCUT2D eigenvalue weighted by molar-refractivity contribution is 5.91. The third-order valence-electron chi connectivity index (χ3n) is 4.29. The van der Waals surface area contributed by atoms with Crippen molar-refractivity contribution in [2.75, 3.05) is 13.1 Å². The average Bonchev–Trinajstić information content (AvgIpc) is 2.90. The molecule has 2 aromatic rings. The molecule has 0 aliphatic carbocycles. The Hall–Kier alpha value is -2.05. The Morgan fingerprint density at radius 2 is 1.83 bits per heavy atom. The molecule has 0 spiro atoms. The first-order chi connectivity index (χ1) is 10.6. The van der Waals surface area contributed by atoms with Gasteiger partial charge in [-0.15, -0.1) is 12.4 Å². The molecule has 4 N–H and O–H groups in total. The highest BCUT2D eigenvalue weighted by atomic mass is 35.5. The van der Waals surface area contributed by atoms with Gasteiger partial charge < -0.3 is 15.7 Å². The van der Waals surface area contributed by atoms with Crippen molar-refractivity contribution in [3.05, 3.63) is 57.8 Å². The Labute approximate surface area is 140 Å². The molecule has 124 valence electrons. The number of rotatable bonds is 4. The van der Waals surface area contributed by atoms with E-state index in [1.807, 2.05) is 6.07 Å². The van der Waals surface area contributed by atoms with Crippen LogP contribution in [-0.4, -0.2) is 33.9 Å². The monoisotopic (exact) mass is 336 g/mol. The molecule has 7 heteroatoms. The van der Waals surface area contributed by atoms with Crippen LogP contribution in [-0.2, 0) is 6.54 Å². The van der Waals surface area contributed by atoms with Gasteiger partial charge in [-0.3, -0.25) is 9.69 Å². The minimum atomic E-state index is -0.604. The van der Waals surface area contributed by atoms with Crippen LogP contribution in [0.25, 0.3) is 0 Å². The summed E-state index contributed by atoms with van der Waals surface area (Å²) in [5, 5.41) is 0. The molecule has 1 aliphatic rings. The molecule has 6 nitrogen and oxygen atoms in total. The number of H-pyrrole nitrogens is 2. The number of aromatic nitrogens is 2. The van der Waals surface area contributed by atoms with E-state index in [1.165, 1.54) is 5.56 Å². The van der Waals surface area contributed by atoms with Crippen molar-refractivity contribution in [2.45, 2.75) is 25.3 Å². The van der Waals surface area contributed by atoms with Gasteiger partial charge in [0.1, 0.15) is 5.69 Å². The van der Waals surface area contributed by atoms with Crippen molar-refractivity contribution in [3.63, 3.8) is 0 Å². The number of nitrogens with zero attached hydrogens (tertiary/aromatic N) is 1. The molecule has 0 bridgehead atoms. The highest BCUT2D eigenvalue weighted by Gasteiger charge is 2.22. The van der Waals surface area contributed by atoms with E-state index in [1.54, 1.807) is 0 Å². The van der Waals surface area contributed by atoms with Crippen LogP contribution in [0.1, 0.15) is 40.5 Å². The van der Waals surface area contributed by atoms with Crippen LogP contribution in [0.5, 0.6) is 0 Å². The van der Waals surface area contributed by atoms with Gasteiger partial charge in [0.2, 0.25) is 0 Å². The van der Waals surface area contributed by atoms with Crippen molar-refractivity contribution < 1.29 is 4.79 Å². The number of aromatic amines is 2. The first kappa shape index (κ1) is 17.3. The summed E-state index contributed by atoms with van der Waals surface area (Å²) in [4.78, 5) is 30.0. The maximum atomic E-state index is 11.4. The molecule has 23 heavy (non-hydrogen) atoms. The minimum Gasteiger partial charge on any atom is -0.364 e. The Kier molecular flexibility index (Phi) is 5.63. The van der Waals surface area contributed by atoms with Crippen molar-refractivity contribution in [2.24, 2.45) is 5.73 Å². The van der Waals surface area contributed by atoms with Crippen LogP contribution >= 0.6 is 12.4 Å². The number of carbonyl (C=O) groups is 1. The number of imidazole rings is 1. The maximum Gasteiger partial charge on any atom is 0.323 e. The fourth-order valence-corrected chi connectivity index (χ4v) is 3.12. The summed E-state index contributed by atoms with van der Waals surface area (Å²) < 4.78 is 0. The van der Waals surface area contributed by atoms with E-state index in [4.69, 9.17) is 5.73 Å². The molecule has 3 rings (SSSR count). The molecule has 1 aliphatic heterocycles. The number of likely N-dealkylation sites (tertiary alicyclic amines) is 1. The van der Waals surface area contributed by atoms with Gasteiger partial charge in [-0.1, -0.05) is 30.3 Å². The van der Waals surface area contributed by atoms with Gasteiger partial charge >= 0.3 is 5.69 Å². The third-order valence-corrected chi connectivity index (χ3v) is 4.29. The Morgan fingerprint density at radius 1 is 1.17 bits per heavy atom. The van der Waals surface area contributed by atoms with E-state index in [2.05, 4.69) is 39.1 Å². The van der Waals surface area contributed by atoms with Crippen LogP contribution in [0.3, 0.4) is 0 Å². The predicted molar refractivity (Wildman–Crippen MR) is 90.9 cm³/mol. The number of nitrogens with one attached hydrogen (secondary N) is 2. The first-order valence-electron chi connectivity index (χ1n) is 7.52. The molecule has 2 heterocycles. The van der Waals surface area contributed by atoms with Crippen molar-refractivity contribution >= 4 is 18.3 Å². The van der Waals surface area contributed by atoms with Gasteiger partial charge in [0, 0.05) is 6.54 Å². The van der Waals surface area contributed by atoms with Crippen LogP contribution in [0.4, 0.5) is 0 Å². The standard InChI is InChI=1S/C16H20N4O2.ClH/c17-15(21)14-13(18-16(22)19-14)10-20-8-6-12(7-9-20)11-4-2-1-3-5-11;/h1-5,12H,6-10H2,(H2,17,21)(H2,18,19,22);1H. The predicted octanol–water partition coefficient (Wildman–Crippen LogP) is 1.60. The number of hydrogen-bond acceptors (Lipinski definition) is 3. The van der Waals surface area contributed by atoms with Crippen molar-refractivity contribution in [1.29, 1.82) is 0 Å². The highest BCUT2D eigenvalue weighted by Crippen LogP contribution is 2.28. The lowest BCUT2D eigenvalue weighted by molar-refractivity contribution is 0.0993. The fraction of sp³-hybridized carbons (Fsp3) is 0.375. The molecule has 1 amide bonds. The van der Waals surface area contributed by atoms with E-state index in [9.17, 15) is 9.59 Å². The van der Waals surface area contributed by atoms with E-state index in [0.717, 1.165) is 25.9 Å². The fourth-order valence-electron chi connectivity index (χ4n) is 3.12. The quantitative estimate of drug-likeness (QED) is 0.791. The summed E-state index contributed by atoms with van der Waals surface area (Å²) >= 11 is 0.